The molecule has 0 amide bonds. The van der Waals surface area contributed by atoms with Crippen LogP contribution < -0.4 is 4.90 Å². The fourth-order valence-electron chi connectivity index (χ4n) is 2.81. The summed E-state index contributed by atoms with van der Waals surface area (Å²) < 4.78 is 0. The molecule has 0 aromatic heterocycles. The lowest BCUT2D eigenvalue weighted by Crippen LogP contribution is -2.17. The average Bonchev–Trinajstić information content (AvgIpc) is 3.04. The van der Waals surface area contributed by atoms with Gasteiger partial charge in [0.25, 0.3) is 0 Å². The Morgan fingerprint density at radius 1 is 1.05 bits per heavy atom. The van der Waals surface area contributed by atoms with Gasteiger partial charge < -0.3 is 4.90 Å². The Morgan fingerprint density at radius 2 is 1.81 bits per heavy atom. The molecule has 0 bridgehead atoms. The summed E-state index contributed by atoms with van der Waals surface area (Å²) in [6, 6.07) is 17.1. The minimum absolute atomic E-state index is 0.744. The van der Waals surface area contributed by atoms with Gasteiger partial charge in [-0.25, -0.2) is 0 Å². The van der Waals surface area contributed by atoms with Crippen LogP contribution in [0.1, 0.15) is 29.5 Å². The second kappa shape index (κ2) is 6.57. The van der Waals surface area contributed by atoms with Crippen LogP contribution in [0, 0.1) is 6.92 Å². The second-order valence-corrected chi connectivity index (χ2v) is 5.69. The molecule has 1 saturated heterocycles. The molecule has 108 valence electrons. The molecule has 2 aromatic carbocycles. The lowest BCUT2D eigenvalue weighted by atomic mass is 10.1. The van der Waals surface area contributed by atoms with Crippen LogP contribution in [0.25, 0.3) is 0 Å². The Morgan fingerprint density at radius 3 is 2.52 bits per heavy atom. The van der Waals surface area contributed by atoms with Crippen LogP contribution in [0.5, 0.6) is 0 Å². The Hall–Kier alpha value is -2.09. The first-order valence-corrected chi connectivity index (χ1v) is 7.72. The number of aliphatic imine (C=N–C) groups is 1. The third-order valence-corrected chi connectivity index (χ3v) is 4.07. The maximum absolute atomic E-state index is 4.56. The molecule has 0 N–H and O–H groups in total. The van der Waals surface area contributed by atoms with E-state index in [0.717, 1.165) is 6.54 Å². The number of nitrogens with zero attached hydrogens (tertiary/aromatic N) is 2. The van der Waals surface area contributed by atoms with E-state index in [1.54, 1.807) is 0 Å². The predicted molar refractivity (Wildman–Crippen MR) is 90.4 cm³/mol. The minimum Gasteiger partial charge on any atom is -0.372 e. The van der Waals surface area contributed by atoms with E-state index < -0.39 is 0 Å². The predicted octanol–water partition coefficient (Wildman–Crippen LogP) is 4.21. The van der Waals surface area contributed by atoms with Gasteiger partial charge in [0.2, 0.25) is 0 Å². The van der Waals surface area contributed by atoms with Crippen molar-refractivity contribution in [1.82, 2.24) is 0 Å². The molecule has 2 aromatic rings. The molecule has 1 aliphatic rings. The van der Waals surface area contributed by atoms with E-state index in [4.69, 9.17) is 0 Å². The van der Waals surface area contributed by atoms with Gasteiger partial charge in [0.05, 0.1) is 6.54 Å². The highest BCUT2D eigenvalue weighted by Gasteiger charge is 2.12. The van der Waals surface area contributed by atoms with Gasteiger partial charge in [-0.3, -0.25) is 4.99 Å². The topological polar surface area (TPSA) is 15.6 Å². The molecule has 0 saturated carbocycles. The molecule has 1 heterocycles. The summed E-state index contributed by atoms with van der Waals surface area (Å²) in [5.41, 5.74) is 5.12. The minimum atomic E-state index is 0.744. The van der Waals surface area contributed by atoms with E-state index in [1.807, 2.05) is 12.3 Å². The first kappa shape index (κ1) is 13.9. The summed E-state index contributed by atoms with van der Waals surface area (Å²) >= 11 is 0. The van der Waals surface area contributed by atoms with E-state index in [-0.39, 0.29) is 0 Å². The number of rotatable bonds is 4. The lowest BCUT2D eigenvalue weighted by molar-refractivity contribution is 0.949. The van der Waals surface area contributed by atoms with Crippen molar-refractivity contribution in [1.29, 1.82) is 0 Å². The zero-order valence-corrected chi connectivity index (χ0v) is 12.6. The van der Waals surface area contributed by atoms with Crippen LogP contribution in [0.2, 0.25) is 0 Å². The summed E-state index contributed by atoms with van der Waals surface area (Å²) in [6.07, 6.45) is 4.63. The molecule has 1 aliphatic heterocycles. The van der Waals surface area contributed by atoms with Crippen molar-refractivity contribution in [2.75, 3.05) is 18.0 Å². The zero-order chi connectivity index (χ0) is 14.5. The van der Waals surface area contributed by atoms with Crippen molar-refractivity contribution in [3.8, 4) is 0 Å². The van der Waals surface area contributed by atoms with E-state index in [9.17, 15) is 0 Å². The Bertz CT molecular complexity index is 611. The molecule has 3 rings (SSSR count). The highest BCUT2D eigenvalue weighted by atomic mass is 15.1. The standard InChI is InChI=1S/C19H22N2/c1-16-13-19(21-11-5-6-12-21)10-9-18(16)15-20-14-17-7-3-2-4-8-17/h2-4,7-10,13,15H,5-6,11-12,14H2,1H3. The van der Waals surface area contributed by atoms with Crippen LogP contribution in [-0.4, -0.2) is 19.3 Å². The first-order chi connectivity index (χ1) is 10.3. The SMILES string of the molecule is Cc1cc(N2CCCC2)ccc1C=NCc1ccccc1. The molecule has 1 fully saturated rings. The van der Waals surface area contributed by atoms with Gasteiger partial charge in [0, 0.05) is 25.0 Å². The van der Waals surface area contributed by atoms with Gasteiger partial charge in [-0.05, 0) is 48.6 Å². The lowest BCUT2D eigenvalue weighted by Gasteiger charge is -2.18. The number of benzene rings is 2. The average molecular weight is 278 g/mol. The smallest absolute Gasteiger partial charge is 0.0639 e. The molecule has 2 nitrogen and oxygen atoms in total. The number of aryl methyl sites for hydroxylation is 1. The number of hydrogen-bond acceptors (Lipinski definition) is 2. The molecule has 0 aliphatic carbocycles. The summed E-state index contributed by atoms with van der Waals surface area (Å²) in [6.45, 7) is 5.30. The zero-order valence-electron chi connectivity index (χ0n) is 12.6. The first-order valence-electron chi connectivity index (χ1n) is 7.72. The summed E-state index contributed by atoms with van der Waals surface area (Å²) in [4.78, 5) is 7.03. The van der Waals surface area contributed by atoms with Crippen LogP contribution in [0.4, 0.5) is 5.69 Å². The van der Waals surface area contributed by atoms with Crippen molar-refractivity contribution < 1.29 is 0 Å². The van der Waals surface area contributed by atoms with Crippen molar-refractivity contribution in [2.45, 2.75) is 26.3 Å². The largest absolute Gasteiger partial charge is 0.372 e. The summed E-state index contributed by atoms with van der Waals surface area (Å²) in [7, 11) is 0. The molecule has 2 heteroatoms. The van der Waals surface area contributed by atoms with Gasteiger partial charge >= 0.3 is 0 Å². The van der Waals surface area contributed by atoms with E-state index in [2.05, 4.69) is 59.3 Å². The van der Waals surface area contributed by atoms with Gasteiger partial charge in [-0.15, -0.1) is 0 Å². The highest BCUT2D eigenvalue weighted by Crippen LogP contribution is 2.22. The summed E-state index contributed by atoms with van der Waals surface area (Å²) in [5, 5.41) is 0. The van der Waals surface area contributed by atoms with Gasteiger partial charge in [0.1, 0.15) is 0 Å². The molecular formula is C19H22N2. The van der Waals surface area contributed by atoms with Crippen LogP contribution in [0.3, 0.4) is 0 Å². The van der Waals surface area contributed by atoms with Crippen LogP contribution in [-0.2, 0) is 6.54 Å². The normalized spacial score (nSPS) is 15.0. The highest BCUT2D eigenvalue weighted by molar-refractivity contribution is 5.82. The second-order valence-electron chi connectivity index (χ2n) is 5.69. The van der Waals surface area contributed by atoms with Crippen molar-refractivity contribution in [3.05, 3.63) is 65.2 Å². The Kier molecular flexibility index (Phi) is 4.34. The van der Waals surface area contributed by atoms with E-state index >= 15 is 0 Å². The fourth-order valence-corrected chi connectivity index (χ4v) is 2.81. The number of anilines is 1. The van der Waals surface area contributed by atoms with Crippen molar-refractivity contribution in [3.63, 3.8) is 0 Å². The fraction of sp³-hybridized carbons (Fsp3) is 0.316. The Balaban J connectivity index is 1.68. The maximum atomic E-state index is 4.56. The molecule has 0 unspecified atom stereocenters. The quantitative estimate of drug-likeness (QED) is 0.765. The van der Waals surface area contributed by atoms with E-state index in [0.29, 0.717) is 0 Å². The monoisotopic (exact) mass is 278 g/mol. The Labute approximate surface area is 127 Å². The maximum Gasteiger partial charge on any atom is 0.0639 e. The van der Waals surface area contributed by atoms with Crippen molar-refractivity contribution >= 4 is 11.9 Å². The summed E-state index contributed by atoms with van der Waals surface area (Å²) in [5.74, 6) is 0. The van der Waals surface area contributed by atoms with Crippen molar-refractivity contribution in [2.24, 2.45) is 4.99 Å². The molecule has 0 atom stereocenters. The van der Waals surface area contributed by atoms with Gasteiger partial charge in [-0.2, -0.15) is 0 Å². The molecular weight excluding hydrogens is 256 g/mol. The molecule has 0 spiro atoms. The third kappa shape index (κ3) is 3.52. The molecule has 0 radical (unpaired) electrons. The number of hydrogen-bond donors (Lipinski definition) is 0. The van der Waals surface area contributed by atoms with Crippen LogP contribution in [0.15, 0.2) is 53.5 Å². The van der Waals surface area contributed by atoms with Gasteiger partial charge in [-0.1, -0.05) is 36.4 Å². The van der Waals surface area contributed by atoms with E-state index in [1.165, 1.54) is 48.3 Å². The molecule has 21 heavy (non-hydrogen) atoms. The van der Waals surface area contributed by atoms with Crippen LogP contribution >= 0.6 is 0 Å². The third-order valence-electron chi connectivity index (χ3n) is 4.07. The van der Waals surface area contributed by atoms with Gasteiger partial charge in [0.15, 0.2) is 0 Å².